The zero-order valence-corrected chi connectivity index (χ0v) is 11.4. The van der Waals surface area contributed by atoms with Crippen LogP contribution in [0.15, 0.2) is 0 Å². The molecule has 3 unspecified atom stereocenters. The van der Waals surface area contributed by atoms with Crippen LogP contribution in [-0.2, 0) is 0 Å². The highest BCUT2D eigenvalue weighted by molar-refractivity contribution is 5.06. The van der Waals surface area contributed by atoms with E-state index in [4.69, 9.17) is 0 Å². The maximum atomic E-state index is 3.45. The molecule has 0 saturated heterocycles. The Morgan fingerprint density at radius 3 is 2.07 bits per heavy atom. The second-order valence-corrected chi connectivity index (χ2v) is 6.06. The van der Waals surface area contributed by atoms with Crippen LogP contribution in [0.1, 0.15) is 53.9 Å². The monoisotopic (exact) mass is 211 g/mol. The highest BCUT2D eigenvalue weighted by Gasteiger charge is 2.55. The van der Waals surface area contributed by atoms with Crippen molar-refractivity contribution in [3.8, 4) is 0 Å². The van der Waals surface area contributed by atoms with Gasteiger partial charge in [0.2, 0.25) is 0 Å². The highest BCUT2D eigenvalue weighted by atomic mass is 14.9. The Morgan fingerprint density at radius 2 is 1.73 bits per heavy atom. The van der Waals surface area contributed by atoms with Crippen molar-refractivity contribution in [1.29, 1.82) is 0 Å². The van der Waals surface area contributed by atoms with Crippen LogP contribution in [0.5, 0.6) is 0 Å². The van der Waals surface area contributed by atoms with Gasteiger partial charge in [0.05, 0.1) is 0 Å². The summed E-state index contributed by atoms with van der Waals surface area (Å²) in [6.45, 7) is 11.6. The van der Waals surface area contributed by atoms with Crippen molar-refractivity contribution in [1.82, 2.24) is 5.32 Å². The van der Waals surface area contributed by atoms with Crippen LogP contribution in [0, 0.1) is 23.2 Å². The summed E-state index contributed by atoms with van der Waals surface area (Å²) in [5, 5.41) is 3.45. The topological polar surface area (TPSA) is 12.0 Å². The molecule has 0 radical (unpaired) electrons. The van der Waals surface area contributed by atoms with Gasteiger partial charge in [-0.1, -0.05) is 41.0 Å². The number of hydrogen-bond acceptors (Lipinski definition) is 1. The summed E-state index contributed by atoms with van der Waals surface area (Å²) in [6, 6.07) is 0.793. The molecule has 1 N–H and O–H groups in total. The Bertz CT molecular complexity index is 198. The fourth-order valence-corrected chi connectivity index (χ4v) is 3.53. The van der Waals surface area contributed by atoms with E-state index < -0.39 is 0 Å². The largest absolute Gasteiger partial charge is 0.317 e. The Labute approximate surface area is 96.0 Å². The minimum atomic E-state index is 0.646. The molecule has 1 nitrogen and oxygen atoms in total. The molecule has 3 saturated carbocycles. The van der Waals surface area contributed by atoms with Crippen molar-refractivity contribution in [3.63, 3.8) is 0 Å². The summed E-state index contributed by atoms with van der Waals surface area (Å²) in [6.07, 6.45) is 4.15. The molecule has 0 aromatic rings. The number of fused-ring (bicyclic) bond motifs is 2. The SMILES string of the molecule is CCC.CNC1C[C@@H]2CC(C1C)C2(C)C. The Hall–Kier alpha value is -0.0400. The lowest BCUT2D eigenvalue weighted by Crippen LogP contribution is -2.59. The van der Waals surface area contributed by atoms with Gasteiger partial charge >= 0.3 is 0 Å². The van der Waals surface area contributed by atoms with E-state index in [1.54, 1.807) is 0 Å². The van der Waals surface area contributed by atoms with Gasteiger partial charge in [-0.25, -0.2) is 0 Å². The number of nitrogens with one attached hydrogen (secondary N) is 1. The fourth-order valence-electron chi connectivity index (χ4n) is 3.53. The standard InChI is InChI=1S/C11H21N.C3H8/c1-7-9-5-8(11(9,2)3)6-10(7)12-4;1-3-2/h7-10,12H,5-6H2,1-4H3;3H2,1-2H3/t7?,8-,9?,10?;/m0./s1. The third-order valence-electron chi connectivity index (χ3n) is 4.72. The van der Waals surface area contributed by atoms with Crippen LogP contribution in [0.25, 0.3) is 0 Å². The first-order chi connectivity index (χ1) is 6.98. The molecule has 3 rings (SSSR count). The van der Waals surface area contributed by atoms with E-state index in [1.807, 2.05) is 0 Å². The molecule has 4 atom stereocenters. The molecule has 3 aliphatic rings. The van der Waals surface area contributed by atoms with E-state index in [0.29, 0.717) is 5.41 Å². The van der Waals surface area contributed by atoms with E-state index in [1.165, 1.54) is 19.3 Å². The van der Waals surface area contributed by atoms with Crippen molar-refractivity contribution >= 4 is 0 Å². The summed E-state index contributed by atoms with van der Waals surface area (Å²) in [5.41, 5.74) is 0.646. The van der Waals surface area contributed by atoms with Gasteiger partial charge in [-0.2, -0.15) is 0 Å². The van der Waals surface area contributed by atoms with Crippen molar-refractivity contribution in [2.45, 2.75) is 59.9 Å². The summed E-state index contributed by atoms with van der Waals surface area (Å²) < 4.78 is 0. The fraction of sp³-hybridized carbons (Fsp3) is 1.00. The molecule has 3 fully saturated rings. The lowest BCUT2D eigenvalue weighted by atomic mass is 9.45. The van der Waals surface area contributed by atoms with Crippen molar-refractivity contribution in [3.05, 3.63) is 0 Å². The molecule has 0 heterocycles. The van der Waals surface area contributed by atoms with E-state index >= 15 is 0 Å². The predicted molar refractivity (Wildman–Crippen MR) is 68.0 cm³/mol. The van der Waals surface area contributed by atoms with Crippen LogP contribution in [0.2, 0.25) is 0 Å². The summed E-state index contributed by atoms with van der Waals surface area (Å²) in [5.74, 6) is 2.86. The zero-order chi connectivity index (χ0) is 11.6. The molecule has 3 aliphatic carbocycles. The number of hydrogen-bond donors (Lipinski definition) is 1. The normalized spacial score (nSPS) is 41.2. The average molecular weight is 211 g/mol. The van der Waals surface area contributed by atoms with Gasteiger partial charge in [-0.15, -0.1) is 0 Å². The van der Waals surface area contributed by atoms with Gasteiger partial charge in [0, 0.05) is 6.04 Å². The minimum Gasteiger partial charge on any atom is -0.317 e. The van der Waals surface area contributed by atoms with Gasteiger partial charge in [0.15, 0.2) is 0 Å². The lowest BCUT2D eigenvalue weighted by molar-refractivity contribution is -0.113. The molecule has 0 aromatic carbocycles. The van der Waals surface area contributed by atoms with E-state index in [9.17, 15) is 0 Å². The van der Waals surface area contributed by atoms with Gasteiger partial charge in [-0.05, 0) is 43.1 Å². The first-order valence-electron chi connectivity index (χ1n) is 6.66. The smallest absolute Gasteiger partial charge is 0.00953 e. The first kappa shape index (κ1) is 13.0. The van der Waals surface area contributed by atoms with Crippen LogP contribution in [0.4, 0.5) is 0 Å². The third-order valence-corrected chi connectivity index (χ3v) is 4.72. The van der Waals surface area contributed by atoms with E-state index in [0.717, 1.165) is 23.8 Å². The second-order valence-electron chi connectivity index (χ2n) is 6.06. The maximum Gasteiger partial charge on any atom is 0.00953 e. The summed E-state index contributed by atoms with van der Waals surface area (Å²) in [4.78, 5) is 0. The zero-order valence-electron chi connectivity index (χ0n) is 11.4. The third kappa shape index (κ3) is 2.22. The average Bonchev–Trinajstić information content (AvgIpc) is 2.18. The van der Waals surface area contributed by atoms with E-state index in [2.05, 4.69) is 47.0 Å². The van der Waals surface area contributed by atoms with Crippen molar-refractivity contribution in [2.24, 2.45) is 23.2 Å². The molecular weight excluding hydrogens is 182 g/mol. The van der Waals surface area contributed by atoms with Crippen molar-refractivity contribution in [2.75, 3.05) is 7.05 Å². The summed E-state index contributed by atoms with van der Waals surface area (Å²) in [7, 11) is 2.11. The first-order valence-corrected chi connectivity index (χ1v) is 6.66. The Morgan fingerprint density at radius 1 is 1.20 bits per heavy atom. The maximum absolute atomic E-state index is 3.45. The van der Waals surface area contributed by atoms with Crippen molar-refractivity contribution < 1.29 is 0 Å². The van der Waals surface area contributed by atoms with Gasteiger partial charge in [0.1, 0.15) is 0 Å². The van der Waals surface area contributed by atoms with Crippen LogP contribution in [0.3, 0.4) is 0 Å². The predicted octanol–water partition coefficient (Wildman–Crippen LogP) is 3.69. The molecule has 2 bridgehead atoms. The summed E-state index contributed by atoms with van der Waals surface area (Å²) >= 11 is 0. The van der Waals surface area contributed by atoms with E-state index in [-0.39, 0.29) is 0 Å². The lowest BCUT2D eigenvalue weighted by Gasteiger charge is -2.62. The molecule has 15 heavy (non-hydrogen) atoms. The molecule has 0 aliphatic heterocycles. The Kier molecular flexibility index (Phi) is 4.22. The molecule has 0 amide bonds. The van der Waals surface area contributed by atoms with Crippen LogP contribution < -0.4 is 5.32 Å². The quantitative estimate of drug-likeness (QED) is 0.697. The molecule has 0 spiro atoms. The van der Waals surface area contributed by atoms with Gasteiger partial charge < -0.3 is 5.32 Å². The molecular formula is C14H29N. The molecule has 1 heteroatoms. The molecule has 0 aromatic heterocycles. The number of rotatable bonds is 1. The van der Waals surface area contributed by atoms with Crippen LogP contribution in [-0.4, -0.2) is 13.1 Å². The minimum absolute atomic E-state index is 0.646. The molecule has 90 valence electrons. The van der Waals surface area contributed by atoms with Gasteiger partial charge in [-0.3, -0.25) is 0 Å². The van der Waals surface area contributed by atoms with Crippen LogP contribution >= 0.6 is 0 Å². The second kappa shape index (κ2) is 4.86. The highest BCUT2D eigenvalue weighted by Crippen LogP contribution is 2.61. The Balaban J connectivity index is 0.000000337. The van der Waals surface area contributed by atoms with Gasteiger partial charge in [0.25, 0.3) is 0 Å².